The third kappa shape index (κ3) is 5.65. The Hall–Kier alpha value is -1.75. The number of benzene rings is 2. The summed E-state index contributed by atoms with van der Waals surface area (Å²) in [4.78, 5) is 2.51. The van der Waals surface area contributed by atoms with Crippen LogP contribution in [0.3, 0.4) is 0 Å². The molecule has 1 saturated heterocycles. The van der Waals surface area contributed by atoms with Crippen LogP contribution in [-0.4, -0.2) is 36.7 Å². The van der Waals surface area contributed by atoms with E-state index in [1.165, 1.54) is 11.6 Å². The van der Waals surface area contributed by atoms with Gasteiger partial charge in [0.05, 0.1) is 12.7 Å². The van der Waals surface area contributed by atoms with E-state index in [0.29, 0.717) is 17.9 Å². The van der Waals surface area contributed by atoms with Crippen LogP contribution in [0.15, 0.2) is 54.6 Å². The molecule has 0 spiro atoms. The minimum absolute atomic E-state index is 0.132. The summed E-state index contributed by atoms with van der Waals surface area (Å²) in [6.07, 6.45) is 5.60. The topological polar surface area (TPSA) is 38.5 Å². The first-order valence-corrected chi connectivity index (χ1v) is 11.1. The number of nitrogens with two attached hydrogens (primary N) is 1. The van der Waals surface area contributed by atoms with Gasteiger partial charge in [-0.05, 0) is 67.8 Å². The fourth-order valence-corrected chi connectivity index (χ4v) is 4.87. The quantitative estimate of drug-likeness (QED) is 0.768. The molecule has 0 amide bonds. The fourth-order valence-electron chi connectivity index (χ4n) is 4.87. The predicted molar refractivity (Wildman–Crippen MR) is 115 cm³/mol. The minimum Gasteiger partial charge on any atom is -0.378 e. The zero-order valence-corrected chi connectivity index (χ0v) is 17.2. The molecule has 3 nitrogen and oxygen atoms in total. The summed E-state index contributed by atoms with van der Waals surface area (Å²) in [5.41, 5.74) is 8.91. The molecule has 2 aromatic rings. The maximum Gasteiger partial charge on any atom is 0.123 e. The van der Waals surface area contributed by atoms with Gasteiger partial charge >= 0.3 is 0 Å². The Morgan fingerprint density at radius 2 is 1.76 bits per heavy atom. The maximum absolute atomic E-state index is 13.5. The third-order valence-electron chi connectivity index (χ3n) is 6.67. The molecule has 4 rings (SSSR count). The van der Waals surface area contributed by atoms with Crippen LogP contribution in [-0.2, 0) is 11.3 Å². The van der Waals surface area contributed by atoms with Crippen LogP contribution in [0.5, 0.6) is 0 Å². The van der Waals surface area contributed by atoms with Crippen molar-refractivity contribution in [2.45, 2.75) is 56.7 Å². The number of ether oxygens (including phenoxy) is 1. The lowest BCUT2D eigenvalue weighted by Gasteiger charge is -2.38. The lowest BCUT2D eigenvalue weighted by atomic mass is 9.82. The van der Waals surface area contributed by atoms with E-state index in [0.717, 1.165) is 63.9 Å². The molecule has 2 fully saturated rings. The molecule has 2 aliphatic rings. The second kappa shape index (κ2) is 9.84. The van der Waals surface area contributed by atoms with Gasteiger partial charge in [-0.25, -0.2) is 4.39 Å². The summed E-state index contributed by atoms with van der Waals surface area (Å²) in [7, 11) is 0. The van der Waals surface area contributed by atoms with Crippen molar-refractivity contribution < 1.29 is 9.13 Å². The highest BCUT2D eigenvalue weighted by Gasteiger charge is 2.29. The Labute approximate surface area is 174 Å². The average molecular weight is 397 g/mol. The standard InChI is InChI=1S/C25H33FN2O/c26-23-8-4-7-21(15-23)20-9-11-24(12-10-20)29-18-22-17-28(14-13-25(22)27)16-19-5-2-1-3-6-19/h1-8,15,20,22,24-25H,9-14,16-18,27H2/t20?,22-,24?,25-/m0/s1. The van der Waals surface area contributed by atoms with E-state index >= 15 is 0 Å². The van der Waals surface area contributed by atoms with Gasteiger partial charge < -0.3 is 10.5 Å². The smallest absolute Gasteiger partial charge is 0.123 e. The fraction of sp³-hybridized carbons (Fsp3) is 0.520. The van der Waals surface area contributed by atoms with Gasteiger partial charge in [-0.15, -0.1) is 0 Å². The van der Waals surface area contributed by atoms with Crippen LogP contribution in [0, 0.1) is 11.7 Å². The van der Waals surface area contributed by atoms with E-state index in [1.54, 1.807) is 6.07 Å². The molecule has 2 N–H and O–H groups in total. The van der Waals surface area contributed by atoms with Gasteiger partial charge in [0.25, 0.3) is 0 Å². The minimum atomic E-state index is -0.132. The monoisotopic (exact) mass is 396 g/mol. The van der Waals surface area contributed by atoms with Crippen LogP contribution in [0.4, 0.5) is 4.39 Å². The molecule has 1 heterocycles. The summed E-state index contributed by atoms with van der Waals surface area (Å²) in [6, 6.07) is 18.0. The molecule has 0 unspecified atom stereocenters. The van der Waals surface area contributed by atoms with Crippen molar-refractivity contribution in [3.8, 4) is 0 Å². The maximum atomic E-state index is 13.5. The number of halogens is 1. The molecule has 0 bridgehead atoms. The van der Waals surface area contributed by atoms with E-state index in [-0.39, 0.29) is 11.9 Å². The predicted octanol–water partition coefficient (Wildman–Crippen LogP) is 4.72. The molecule has 4 heteroatoms. The molecular formula is C25H33FN2O. The normalized spacial score (nSPS) is 28.3. The highest BCUT2D eigenvalue weighted by Crippen LogP contribution is 2.34. The lowest BCUT2D eigenvalue weighted by molar-refractivity contribution is -0.0162. The van der Waals surface area contributed by atoms with Crippen LogP contribution in [0.25, 0.3) is 0 Å². The van der Waals surface area contributed by atoms with E-state index in [1.807, 2.05) is 6.07 Å². The Morgan fingerprint density at radius 3 is 2.52 bits per heavy atom. The van der Waals surface area contributed by atoms with E-state index in [4.69, 9.17) is 10.5 Å². The Balaban J connectivity index is 1.23. The molecule has 156 valence electrons. The number of rotatable bonds is 6. The molecule has 1 aliphatic carbocycles. The first-order valence-electron chi connectivity index (χ1n) is 11.1. The van der Waals surface area contributed by atoms with Gasteiger partial charge in [0.15, 0.2) is 0 Å². The zero-order chi connectivity index (χ0) is 20.1. The van der Waals surface area contributed by atoms with Gasteiger partial charge in [-0.1, -0.05) is 42.5 Å². The number of nitrogens with zero attached hydrogens (tertiary/aromatic N) is 1. The highest BCUT2D eigenvalue weighted by atomic mass is 19.1. The van der Waals surface area contributed by atoms with Crippen LogP contribution in [0.1, 0.15) is 49.1 Å². The van der Waals surface area contributed by atoms with Gasteiger partial charge in [0, 0.05) is 25.0 Å². The zero-order valence-electron chi connectivity index (χ0n) is 17.2. The summed E-state index contributed by atoms with van der Waals surface area (Å²) in [6.45, 7) is 3.81. The molecule has 0 radical (unpaired) electrons. The highest BCUT2D eigenvalue weighted by molar-refractivity contribution is 5.21. The molecule has 1 aliphatic heterocycles. The van der Waals surface area contributed by atoms with Crippen molar-refractivity contribution in [2.24, 2.45) is 11.7 Å². The summed E-state index contributed by atoms with van der Waals surface area (Å²) >= 11 is 0. The molecule has 29 heavy (non-hydrogen) atoms. The van der Waals surface area contributed by atoms with E-state index in [2.05, 4.69) is 41.3 Å². The van der Waals surface area contributed by atoms with Crippen LogP contribution in [0.2, 0.25) is 0 Å². The number of hydrogen-bond donors (Lipinski definition) is 1. The average Bonchev–Trinajstić information content (AvgIpc) is 2.75. The Bertz CT molecular complexity index is 760. The van der Waals surface area contributed by atoms with Crippen molar-refractivity contribution in [2.75, 3.05) is 19.7 Å². The molecule has 2 aromatic carbocycles. The largest absolute Gasteiger partial charge is 0.378 e. The van der Waals surface area contributed by atoms with Crippen molar-refractivity contribution >= 4 is 0 Å². The molecule has 0 aromatic heterocycles. The summed E-state index contributed by atoms with van der Waals surface area (Å²) in [5, 5.41) is 0. The van der Waals surface area contributed by atoms with Crippen LogP contribution >= 0.6 is 0 Å². The van der Waals surface area contributed by atoms with Crippen LogP contribution < -0.4 is 5.73 Å². The van der Waals surface area contributed by atoms with Gasteiger partial charge in [-0.3, -0.25) is 4.90 Å². The van der Waals surface area contributed by atoms with Gasteiger partial charge in [0.1, 0.15) is 5.82 Å². The Kier molecular flexibility index (Phi) is 6.96. The number of piperidine rings is 1. The first-order chi connectivity index (χ1) is 14.2. The second-order valence-corrected chi connectivity index (χ2v) is 8.80. The third-order valence-corrected chi connectivity index (χ3v) is 6.67. The van der Waals surface area contributed by atoms with E-state index in [9.17, 15) is 4.39 Å². The van der Waals surface area contributed by atoms with Gasteiger partial charge in [0.2, 0.25) is 0 Å². The summed E-state index contributed by atoms with van der Waals surface area (Å²) < 4.78 is 19.8. The second-order valence-electron chi connectivity index (χ2n) is 8.80. The van der Waals surface area contributed by atoms with E-state index < -0.39 is 0 Å². The summed E-state index contributed by atoms with van der Waals surface area (Å²) in [5.74, 6) is 0.726. The number of likely N-dealkylation sites (tertiary alicyclic amines) is 1. The first kappa shape index (κ1) is 20.5. The molecule has 2 atom stereocenters. The molecular weight excluding hydrogens is 363 g/mol. The van der Waals surface area contributed by atoms with Crippen molar-refractivity contribution in [1.82, 2.24) is 4.90 Å². The van der Waals surface area contributed by atoms with Crippen molar-refractivity contribution in [1.29, 1.82) is 0 Å². The van der Waals surface area contributed by atoms with Gasteiger partial charge in [-0.2, -0.15) is 0 Å². The number of hydrogen-bond acceptors (Lipinski definition) is 3. The lowest BCUT2D eigenvalue weighted by Crippen LogP contribution is -2.48. The van der Waals surface area contributed by atoms with Crippen molar-refractivity contribution in [3.05, 3.63) is 71.5 Å². The van der Waals surface area contributed by atoms with Crippen molar-refractivity contribution in [3.63, 3.8) is 0 Å². The Morgan fingerprint density at radius 1 is 0.966 bits per heavy atom. The molecule has 1 saturated carbocycles. The SMILES string of the molecule is N[C@H]1CCN(Cc2ccccc2)C[C@H]1COC1CCC(c2cccc(F)c2)CC1.